The van der Waals surface area contributed by atoms with Crippen molar-refractivity contribution in [1.29, 1.82) is 0 Å². The highest BCUT2D eigenvalue weighted by Crippen LogP contribution is 2.44. The van der Waals surface area contributed by atoms with Crippen molar-refractivity contribution in [2.75, 3.05) is 13.2 Å². The highest BCUT2D eigenvalue weighted by Gasteiger charge is 2.31. The zero-order chi connectivity index (χ0) is 25.7. The maximum Gasteiger partial charge on any atom is 0.119 e. The first-order valence-corrected chi connectivity index (χ1v) is 15.7. The van der Waals surface area contributed by atoms with E-state index < -0.39 is 0 Å². The second kappa shape index (κ2) is 15.6. The van der Waals surface area contributed by atoms with Gasteiger partial charge in [-0.15, -0.1) is 0 Å². The van der Waals surface area contributed by atoms with E-state index in [2.05, 4.69) is 55.5 Å². The first kappa shape index (κ1) is 28.2. The third-order valence-electron chi connectivity index (χ3n) is 9.44. The molecule has 2 aromatic rings. The highest BCUT2D eigenvalue weighted by atomic mass is 16.5. The van der Waals surface area contributed by atoms with E-state index in [0.29, 0.717) is 6.61 Å². The molecule has 2 aliphatic rings. The second-order valence-corrected chi connectivity index (χ2v) is 12.0. The zero-order valence-corrected chi connectivity index (χ0v) is 23.5. The number of aliphatic hydroxyl groups is 1. The largest absolute Gasteiger partial charge is 0.494 e. The molecule has 37 heavy (non-hydrogen) atoms. The van der Waals surface area contributed by atoms with Crippen LogP contribution in [0.1, 0.15) is 121 Å². The molecule has 0 unspecified atom stereocenters. The normalized spacial score (nSPS) is 24.2. The first-order chi connectivity index (χ1) is 18.3. The van der Waals surface area contributed by atoms with Gasteiger partial charge in [0.2, 0.25) is 0 Å². The molecule has 0 atom stereocenters. The van der Waals surface area contributed by atoms with Crippen LogP contribution in [0.25, 0.3) is 11.1 Å². The van der Waals surface area contributed by atoms with Crippen LogP contribution in [-0.4, -0.2) is 18.3 Å². The minimum absolute atomic E-state index is 0.296. The SMILES string of the molecule is CCCCCC1CCC(C2CCC(c3ccc(-c4ccc(OCCCCCCO)cc4)cc3)CC2)CC1. The monoisotopic (exact) mass is 504 g/mol. The lowest BCUT2D eigenvalue weighted by Gasteiger charge is -2.38. The number of rotatable bonds is 14. The molecule has 2 aliphatic carbocycles. The molecule has 0 radical (unpaired) electrons. The predicted octanol–water partition coefficient (Wildman–Crippen LogP) is 9.95. The lowest BCUT2D eigenvalue weighted by molar-refractivity contribution is 0.155. The predicted molar refractivity (Wildman–Crippen MR) is 157 cm³/mol. The lowest BCUT2D eigenvalue weighted by Crippen LogP contribution is -2.25. The van der Waals surface area contributed by atoms with E-state index in [4.69, 9.17) is 9.84 Å². The van der Waals surface area contributed by atoms with Gasteiger partial charge in [-0.3, -0.25) is 0 Å². The molecule has 1 N–H and O–H groups in total. The van der Waals surface area contributed by atoms with E-state index in [1.807, 2.05) is 0 Å². The van der Waals surface area contributed by atoms with Crippen LogP contribution in [0.4, 0.5) is 0 Å². The van der Waals surface area contributed by atoms with Crippen LogP contribution in [-0.2, 0) is 0 Å². The summed E-state index contributed by atoms with van der Waals surface area (Å²) in [6.45, 7) is 3.37. The number of benzene rings is 2. The fourth-order valence-corrected chi connectivity index (χ4v) is 7.00. The van der Waals surface area contributed by atoms with Gasteiger partial charge in [-0.05, 0) is 110 Å². The summed E-state index contributed by atoms with van der Waals surface area (Å²) >= 11 is 0. The Kier molecular flexibility index (Phi) is 11.9. The van der Waals surface area contributed by atoms with Crippen LogP contribution in [0.15, 0.2) is 48.5 Å². The summed E-state index contributed by atoms with van der Waals surface area (Å²) in [5.41, 5.74) is 4.10. The van der Waals surface area contributed by atoms with Gasteiger partial charge in [0.25, 0.3) is 0 Å². The standard InChI is InChI=1S/C35H52O2/c1-2-3-6-9-28-10-12-29(13-11-28)30-14-16-31(17-15-30)32-18-20-33(21-19-32)34-22-24-35(25-23-34)37-27-8-5-4-7-26-36/h18-25,28-31,36H,2-17,26-27H2,1H3. The van der Waals surface area contributed by atoms with E-state index in [0.717, 1.165) is 61.7 Å². The molecular formula is C35H52O2. The van der Waals surface area contributed by atoms with Crippen molar-refractivity contribution in [3.05, 3.63) is 54.1 Å². The van der Waals surface area contributed by atoms with E-state index in [-0.39, 0.29) is 0 Å². The van der Waals surface area contributed by atoms with E-state index in [1.165, 1.54) is 88.2 Å². The Hall–Kier alpha value is -1.80. The number of hydrogen-bond acceptors (Lipinski definition) is 2. The average molecular weight is 505 g/mol. The van der Waals surface area contributed by atoms with Crippen molar-refractivity contribution in [3.8, 4) is 16.9 Å². The molecule has 2 heteroatoms. The molecule has 0 amide bonds. The van der Waals surface area contributed by atoms with Crippen molar-refractivity contribution in [3.63, 3.8) is 0 Å². The van der Waals surface area contributed by atoms with Crippen molar-refractivity contribution in [1.82, 2.24) is 0 Å². The third kappa shape index (κ3) is 8.88. The molecule has 204 valence electrons. The molecule has 4 rings (SSSR count). The molecule has 0 saturated heterocycles. The number of unbranched alkanes of at least 4 members (excludes halogenated alkanes) is 5. The Bertz CT molecular complexity index is 855. The zero-order valence-electron chi connectivity index (χ0n) is 23.5. The molecular weight excluding hydrogens is 452 g/mol. The highest BCUT2D eigenvalue weighted by molar-refractivity contribution is 5.64. The molecule has 0 bridgehead atoms. The summed E-state index contributed by atoms with van der Waals surface area (Å²) in [7, 11) is 0. The van der Waals surface area contributed by atoms with Gasteiger partial charge < -0.3 is 9.84 Å². The van der Waals surface area contributed by atoms with Crippen LogP contribution in [0.5, 0.6) is 5.75 Å². The van der Waals surface area contributed by atoms with Crippen molar-refractivity contribution >= 4 is 0 Å². The first-order valence-electron chi connectivity index (χ1n) is 15.7. The van der Waals surface area contributed by atoms with Crippen LogP contribution >= 0.6 is 0 Å². The Labute approximate surface area is 227 Å². The summed E-state index contributed by atoms with van der Waals surface area (Å²) < 4.78 is 5.89. The number of aliphatic hydroxyl groups excluding tert-OH is 1. The van der Waals surface area contributed by atoms with Crippen molar-refractivity contribution < 1.29 is 9.84 Å². The van der Waals surface area contributed by atoms with Crippen LogP contribution in [0.2, 0.25) is 0 Å². The third-order valence-corrected chi connectivity index (χ3v) is 9.44. The minimum Gasteiger partial charge on any atom is -0.494 e. The number of ether oxygens (including phenoxy) is 1. The molecule has 0 aromatic heterocycles. The van der Waals surface area contributed by atoms with Gasteiger partial charge in [0.1, 0.15) is 5.75 Å². The van der Waals surface area contributed by atoms with Gasteiger partial charge in [0, 0.05) is 6.61 Å². The minimum atomic E-state index is 0.296. The average Bonchev–Trinajstić information content (AvgIpc) is 2.96. The molecule has 0 spiro atoms. The molecule has 0 aliphatic heterocycles. The van der Waals surface area contributed by atoms with Crippen molar-refractivity contribution in [2.45, 2.75) is 116 Å². The molecule has 2 saturated carbocycles. The topological polar surface area (TPSA) is 29.5 Å². The summed E-state index contributed by atoms with van der Waals surface area (Å²) in [5, 5.41) is 8.86. The Balaban J connectivity index is 1.18. The quantitative estimate of drug-likeness (QED) is 0.259. The molecule has 0 heterocycles. The van der Waals surface area contributed by atoms with Crippen molar-refractivity contribution in [2.24, 2.45) is 17.8 Å². The Morgan fingerprint density at radius 2 is 1.24 bits per heavy atom. The van der Waals surface area contributed by atoms with Crippen LogP contribution in [0.3, 0.4) is 0 Å². The van der Waals surface area contributed by atoms with Gasteiger partial charge in [-0.1, -0.05) is 88.3 Å². The van der Waals surface area contributed by atoms with Gasteiger partial charge in [-0.2, -0.15) is 0 Å². The Morgan fingerprint density at radius 3 is 1.86 bits per heavy atom. The lowest BCUT2D eigenvalue weighted by atomic mass is 9.68. The molecule has 2 fully saturated rings. The molecule has 2 nitrogen and oxygen atoms in total. The summed E-state index contributed by atoms with van der Waals surface area (Å²) in [6, 6.07) is 18.0. The maximum atomic E-state index is 8.86. The fraction of sp³-hybridized carbons (Fsp3) is 0.657. The van der Waals surface area contributed by atoms with Gasteiger partial charge >= 0.3 is 0 Å². The maximum absolute atomic E-state index is 8.86. The summed E-state index contributed by atoms with van der Waals surface area (Å²) in [5.74, 6) is 4.75. The smallest absolute Gasteiger partial charge is 0.119 e. The van der Waals surface area contributed by atoms with Gasteiger partial charge in [0.05, 0.1) is 6.61 Å². The summed E-state index contributed by atoms with van der Waals surface area (Å²) in [6.07, 6.45) is 21.6. The molecule has 2 aromatic carbocycles. The van der Waals surface area contributed by atoms with Gasteiger partial charge in [0.15, 0.2) is 0 Å². The second-order valence-electron chi connectivity index (χ2n) is 12.0. The summed E-state index contributed by atoms with van der Waals surface area (Å²) in [4.78, 5) is 0. The Morgan fingerprint density at radius 1 is 0.649 bits per heavy atom. The van der Waals surface area contributed by atoms with Crippen LogP contribution < -0.4 is 4.74 Å². The van der Waals surface area contributed by atoms with Gasteiger partial charge in [-0.25, -0.2) is 0 Å². The van der Waals surface area contributed by atoms with E-state index in [9.17, 15) is 0 Å². The van der Waals surface area contributed by atoms with E-state index >= 15 is 0 Å². The van der Waals surface area contributed by atoms with Crippen LogP contribution in [0, 0.1) is 17.8 Å². The number of hydrogen-bond donors (Lipinski definition) is 1. The fourth-order valence-electron chi connectivity index (χ4n) is 7.00. The van der Waals surface area contributed by atoms with E-state index in [1.54, 1.807) is 5.56 Å².